The van der Waals surface area contributed by atoms with E-state index in [1.165, 1.54) is 7.11 Å². The molecule has 1 saturated heterocycles. The highest BCUT2D eigenvalue weighted by Gasteiger charge is 2.40. The number of hydrogen-bond donors (Lipinski definition) is 2. The molecule has 51 heavy (non-hydrogen) atoms. The van der Waals surface area contributed by atoms with Crippen molar-refractivity contribution < 1.29 is 28.7 Å². The van der Waals surface area contributed by atoms with Crippen LogP contribution in [0.3, 0.4) is 0 Å². The molecule has 2 aromatic carbocycles. The summed E-state index contributed by atoms with van der Waals surface area (Å²) in [6.07, 6.45) is 4.66. The zero-order valence-corrected chi connectivity index (χ0v) is 32.1. The molecule has 1 fully saturated rings. The molecule has 0 aromatic heterocycles. The number of piperidine rings is 1. The van der Waals surface area contributed by atoms with Crippen LogP contribution in [0.25, 0.3) is 0 Å². The number of likely N-dealkylation sites (tertiary alicyclic amines) is 1. The highest BCUT2D eigenvalue weighted by Crippen LogP contribution is 2.26. The number of likely N-dealkylation sites (N-methyl/N-ethyl adjacent to an activating group) is 1. The van der Waals surface area contributed by atoms with Crippen LogP contribution in [0.5, 0.6) is 0 Å². The van der Waals surface area contributed by atoms with Crippen molar-refractivity contribution in [1.29, 1.82) is 0 Å². The maximum atomic E-state index is 14.2. The summed E-state index contributed by atoms with van der Waals surface area (Å²) in [5, 5.41) is 5.91. The molecule has 1 unspecified atom stereocenters. The SMILES string of the molecule is COC(=O)[C@H](Cc1ccc(C(=O)c2ccccc2)cc1)NC(=O)C(C)=C[C@H](C(C)C)N(C)C(=O)[C@@H](NC(=O)C1CCCCN1C(C)C)C(C)(C)C. The molecule has 3 amide bonds. The van der Waals surface area contributed by atoms with Gasteiger partial charge in [0.25, 0.3) is 0 Å². The predicted octanol–water partition coefficient (Wildman–Crippen LogP) is 5.34. The maximum Gasteiger partial charge on any atom is 0.328 e. The lowest BCUT2D eigenvalue weighted by Crippen LogP contribution is -2.60. The molecule has 1 aliphatic rings. The quantitative estimate of drug-likeness (QED) is 0.155. The number of rotatable bonds is 14. The van der Waals surface area contributed by atoms with E-state index in [2.05, 4.69) is 29.4 Å². The highest BCUT2D eigenvalue weighted by atomic mass is 16.5. The minimum Gasteiger partial charge on any atom is -0.467 e. The van der Waals surface area contributed by atoms with Gasteiger partial charge in [-0.2, -0.15) is 0 Å². The smallest absolute Gasteiger partial charge is 0.328 e. The number of ether oxygens (including phenoxy) is 1. The molecule has 0 radical (unpaired) electrons. The standard InChI is InChI=1S/C41H58N4O6/c1-26(2)34(44(9)39(49)36(41(6,7)8)43-38(48)33-18-14-15-23-45(33)27(3)4)24-28(5)37(47)42-32(40(50)51-10)25-29-19-21-31(22-20-29)35(46)30-16-12-11-13-17-30/h11-13,16-17,19-22,24,26-27,32-34,36H,14-15,18,23,25H2,1-10H3,(H,42,47)(H,43,48)/t32-,33?,34+,36+/m0/s1. The number of hydrogen-bond acceptors (Lipinski definition) is 7. The van der Waals surface area contributed by atoms with Crippen molar-refractivity contribution in [3.05, 3.63) is 82.9 Å². The average molecular weight is 703 g/mol. The van der Waals surface area contributed by atoms with Gasteiger partial charge in [-0.15, -0.1) is 0 Å². The summed E-state index contributed by atoms with van der Waals surface area (Å²) in [5.74, 6) is -1.63. The lowest BCUT2D eigenvalue weighted by atomic mass is 9.84. The second-order valence-electron chi connectivity index (χ2n) is 15.3. The van der Waals surface area contributed by atoms with Gasteiger partial charge < -0.3 is 20.3 Å². The van der Waals surface area contributed by atoms with Gasteiger partial charge in [0.15, 0.2) is 5.78 Å². The number of nitrogens with zero attached hydrogens (tertiary/aromatic N) is 2. The third kappa shape index (κ3) is 11.1. The van der Waals surface area contributed by atoms with Crippen molar-refractivity contribution in [2.45, 2.75) is 111 Å². The summed E-state index contributed by atoms with van der Waals surface area (Å²) in [6, 6.07) is 13.6. The molecule has 1 heterocycles. The van der Waals surface area contributed by atoms with Crippen molar-refractivity contribution >= 4 is 29.5 Å². The number of methoxy groups -OCH3 is 1. The molecule has 2 N–H and O–H groups in total. The number of benzene rings is 2. The molecule has 278 valence electrons. The zero-order chi connectivity index (χ0) is 38.0. The first-order valence-corrected chi connectivity index (χ1v) is 18.0. The molecule has 0 saturated carbocycles. The van der Waals surface area contributed by atoms with Crippen LogP contribution < -0.4 is 10.6 Å². The molecular formula is C41H58N4O6. The van der Waals surface area contributed by atoms with E-state index in [-0.39, 0.29) is 42.0 Å². The highest BCUT2D eigenvalue weighted by molar-refractivity contribution is 6.09. The lowest BCUT2D eigenvalue weighted by Gasteiger charge is -2.41. The first-order valence-electron chi connectivity index (χ1n) is 18.0. The second kappa shape index (κ2) is 18.3. The fourth-order valence-corrected chi connectivity index (χ4v) is 6.57. The van der Waals surface area contributed by atoms with Crippen molar-refractivity contribution in [3.8, 4) is 0 Å². The Kier molecular flexibility index (Phi) is 14.7. The Labute approximate surface area is 304 Å². The summed E-state index contributed by atoms with van der Waals surface area (Å²) in [5.41, 5.74) is 1.59. The molecule has 0 aliphatic carbocycles. The van der Waals surface area contributed by atoms with Crippen molar-refractivity contribution in [3.63, 3.8) is 0 Å². The molecule has 1 aliphatic heterocycles. The van der Waals surface area contributed by atoms with E-state index in [9.17, 15) is 24.0 Å². The van der Waals surface area contributed by atoms with Gasteiger partial charge in [0.2, 0.25) is 17.7 Å². The minimum absolute atomic E-state index is 0.0682. The molecule has 0 spiro atoms. The number of carbonyl (C=O) groups is 5. The van der Waals surface area contributed by atoms with Crippen molar-refractivity contribution in [2.24, 2.45) is 11.3 Å². The Morgan fingerprint density at radius 3 is 2.08 bits per heavy atom. The van der Waals surface area contributed by atoms with E-state index in [0.29, 0.717) is 16.7 Å². The summed E-state index contributed by atoms with van der Waals surface area (Å²) >= 11 is 0. The molecule has 2 aromatic rings. The Morgan fingerprint density at radius 2 is 1.53 bits per heavy atom. The van der Waals surface area contributed by atoms with Crippen molar-refractivity contribution in [2.75, 3.05) is 20.7 Å². The average Bonchev–Trinajstić information content (AvgIpc) is 3.11. The fraction of sp³-hybridized carbons (Fsp3) is 0.537. The Morgan fingerprint density at radius 1 is 0.922 bits per heavy atom. The van der Waals surface area contributed by atoms with E-state index in [1.54, 1.807) is 61.3 Å². The second-order valence-corrected chi connectivity index (χ2v) is 15.3. The lowest BCUT2D eigenvalue weighted by molar-refractivity contribution is -0.144. The van der Waals surface area contributed by atoms with Crippen LogP contribution in [0.2, 0.25) is 0 Å². The van der Waals surface area contributed by atoms with E-state index >= 15 is 0 Å². The first-order chi connectivity index (χ1) is 24.0. The van der Waals surface area contributed by atoms with Gasteiger partial charge in [0, 0.05) is 36.2 Å². The third-order valence-electron chi connectivity index (χ3n) is 9.65. The van der Waals surface area contributed by atoms with Gasteiger partial charge in [-0.05, 0) is 57.1 Å². The summed E-state index contributed by atoms with van der Waals surface area (Å²) in [4.78, 5) is 70.8. The van der Waals surface area contributed by atoms with Crippen LogP contribution in [0.15, 0.2) is 66.2 Å². The Bertz CT molecular complexity index is 1540. The summed E-state index contributed by atoms with van der Waals surface area (Å²) in [6.45, 7) is 16.4. The topological polar surface area (TPSA) is 125 Å². The molecule has 3 rings (SSSR count). The number of ketones is 1. The van der Waals surface area contributed by atoms with Gasteiger partial charge in [0.1, 0.15) is 12.1 Å². The van der Waals surface area contributed by atoms with E-state index < -0.39 is 35.4 Å². The fourth-order valence-electron chi connectivity index (χ4n) is 6.57. The Hall–Kier alpha value is -4.31. The number of esters is 1. The number of nitrogens with one attached hydrogen (secondary N) is 2. The van der Waals surface area contributed by atoms with Crippen LogP contribution in [0.1, 0.15) is 96.1 Å². The monoisotopic (exact) mass is 702 g/mol. The van der Waals surface area contributed by atoms with Crippen LogP contribution >= 0.6 is 0 Å². The largest absolute Gasteiger partial charge is 0.467 e. The third-order valence-corrected chi connectivity index (χ3v) is 9.65. The van der Waals surface area contributed by atoms with Crippen LogP contribution in [-0.4, -0.2) is 90.2 Å². The molecule has 10 heteroatoms. The van der Waals surface area contributed by atoms with Crippen molar-refractivity contribution in [1.82, 2.24) is 20.4 Å². The Balaban J connectivity index is 1.76. The van der Waals surface area contributed by atoms with Gasteiger partial charge >= 0.3 is 5.97 Å². The van der Waals surface area contributed by atoms with Crippen LogP contribution in [0.4, 0.5) is 0 Å². The van der Waals surface area contributed by atoms with Gasteiger partial charge in [0.05, 0.1) is 19.2 Å². The van der Waals surface area contributed by atoms with E-state index in [1.807, 2.05) is 52.8 Å². The minimum atomic E-state index is -0.982. The molecular weight excluding hydrogens is 644 g/mol. The molecule has 4 atom stereocenters. The van der Waals surface area contributed by atoms with Crippen LogP contribution in [-0.2, 0) is 30.3 Å². The predicted molar refractivity (Wildman–Crippen MR) is 200 cm³/mol. The maximum absolute atomic E-state index is 14.2. The van der Waals surface area contributed by atoms with Gasteiger partial charge in [-0.3, -0.25) is 24.1 Å². The zero-order valence-electron chi connectivity index (χ0n) is 32.1. The summed E-state index contributed by atoms with van der Waals surface area (Å²) in [7, 11) is 2.96. The van der Waals surface area contributed by atoms with Crippen LogP contribution in [0, 0.1) is 11.3 Å². The number of carbonyl (C=O) groups excluding carboxylic acids is 5. The van der Waals surface area contributed by atoms with E-state index in [0.717, 1.165) is 31.4 Å². The molecule has 0 bridgehead atoms. The summed E-state index contributed by atoms with van der Waals surface area (Å²) < 4.78 is 5.01. The molecule has 10 nitrogen and oxygen atoms in total. The van der Waals surface area contributed by atoms with E-state index in [4.69, 9.17) is 4.74 Å². The van der Waals surface area contributed by atoms with Gasteiger partial charge in [-0.25, -0.2) is 4.79 Å². The van der Waals surface area contributed by atoms with Gasteiger partial charge in [-0.1, -0.05) is 102 Å². The first kappa shape index (κ1) is 41.1. The normalized spacial score (nSPS) is 17.3. The number of amides is 3.